The predicted octanol–water partition coefficient (Wildman–Crippen LogP) is 5.20. The van der Waals surface area contributed by atoms with Crippen molar-refractivity contribution in [2.24, 2.45) is 5.92 Å². The zero-order chi connectivity index (χ0) is 19.3. The van der Waals surface area contributed by atoms with Gasteiger partial charge in [0.15, 0.2) is 8.32 Å². The smallest absolute Gasteiger partial charge is 0.413 e. The molecule has 1 aliphatic rings. The van der Waals surface area contributed by atoms with Gasteiger partial charge in [-0.05, 0) is 43.3 Å². The highest BCUT2D eigenvalue weighted by Crippen LogP contribution is 2.40. The summed E-state index contributed by atoms with van der Waals surface area (Å²) in [7, 11) is -1.08. The maximum atomic E-state index is 13.8. The molecule has 1 fully saturated rings. The molecule has 0 aliphatic carbocycles. The van der Waals surface area contributed by atoms with Crippen LogP contribution in [0.3, 0.4) is 0 Å². The first-order valence-electron chi connectivity index (χ1n) is 9.27. The molecule has 3 atom stereocenters. The average molecular weight is 384 g/mol. The van der Waals surface area contributed by atoms with Crippen LogP contribution >= 0.6 is 0 Å². The molecule has 1 amide bonds. The molecule has 1 aliphatic heterocycles. The number of hydrogen-bond acceptors (Lipinski definition) is 3. The van der Waals surface area contributed by atoms with E-state index in [1.54, 1.807) is 4.90 Å². The number of nitrogens with zero attached hydrogens (tertiary/aromatic N) is 1. The van der Waals surface area contributed by atoms with Crippen molar-refractivity contribution in [3.63, 3.8) is 0 Å². The van der Waals surface area contributed by atoms with Gasteiger partial charge in [0.05, 0.1) is 7.11 Å². The lowest BCUT2D eigenvalue weighted by Gasteiger charge is -2.43. The summed E-state index contributed by atoms with van der Waals surface area (Å²) in [5.41, 5.74) is 0. The van der Waals surface area contributed by atoms with Gasteiger partial charge in [0.2, 0.25) is 0 Å². The Morgan fingerprint density at radius 3 is 2.16 bits per heavy atom. The minimum Gasteiger partial charge on any atom is -0.453 e. The SMILES string of the molecule is CCC1CC(C(O[Si](CC)(CC)CC)C(F)(F)F)CCN1C(=O)OC. The van der Waals surface area contributed by atoms with E-state index >= 15 is 0 Å². The summed E-state index contributed by atoms with van der Waals surface area (Å²) in [4.78, 5) is 13.4. The first-order valence-corrected chi connectivity index (χ1v) is 11.8. The van der Waals surface area contributed by atoms with Gasteiger partial charge in [-0.3, -0.25) is 0 Å². The van der Waals surface area contributed by atoms with Crippen LogP contribution in [0.25, 0.3) is 0 Å². The van der Waals surface area contributed by atoms with Gasteiger partial charge in [-0.25, -0.2) is 4.79 Å². The summed E-state index contributed by atoms with van der Waals surface area (Å²) in [5, 5.41) is 0. The molecule has 0 aromatic heterocycles. The highest BCUT2D eigenvalue weighted by molar-refractivity contribution is 6.73. The number of likely N-dealkylation sites (tertiary alicyclic amines) is 1. The van der Waals surface area contributed by atoms with Crippen LogP contribution in [0.2, 0.25) is 18.1 Å². The maximum absolute atomic E-state index is 13.8. The summed E-state index contributed by atoms with van der Waals surface area (Å²) < 4.78 is 52.0. The highest BCUT2D eigenvalue weighted by atomic mass is 28.4. The fraction of sp³-hybridized carbons (Fsp3) is 0.941. The fourth-order valence-corrected chi connectivity index (χ4v) is 6.67. The lowest BCUT2D eigenvalue weighted by Crippen LogP contribution is -2.54. The van der Waals surface area contributed by atoms with Crippen LogP contribution in [0.15, 0.2) is 0 Å². The number of rotatable bonds is 7. The summed E-state index contributed by atoms with van der Waals surface area (Å²) in [5.74, 6) is -0.609. The van der Waals surface area contributed by atoms with Gasteiger partial charge in [0, 0.05) is 12.6 Å². The second kappa shape index (κ2) is 9.25. The number of piperidine rings is 1. The maximum Gasteiger partial charge on any atom is 0.413 e. The van der Waals surface area contributed by atoms with E-state index in [9.17, 15) is 18.0 Å². The van der Waals surface area contributed by atoms with Crippen molar-refractivity contribution >= 4 is 14.4 Å². The van der Waals surface area contributed by atoms with Crippen LogP contribution in [0, 0.1) is 5.92 Å². The number of carbonyl (C=O) groups is 1. The van der Waals surface area contributed by atoms with E-state index < -0.39 is 32.6 Å². The first kappa shape index (κ1) is 22.3. The quantitative estimate of drug-likeness (QED) is 0.568. The molecule has 0 aromatic carbocycles. The van der Waals surface area contributed by atoms with Crippen LogP contribution in [-0.2, 0) is 9.16 Å². The van der Waals surface area contributed by atoms with Gasteiger partial charge in [0.25, 0.3) is 0 Å². The minimum absolute atomic E-state index is 0.236. The van der Waals surface area contributed by atoms with Crippen molar-refractivity contribution in [1.82, 2.24) is 4.90 Å². The standard InChI is InChI=1S/C17H32F3NO3Si/c1-6-14-12-13(10-11-21(14)16(22)23-5)15(17(18,19)20)24-25(7-2,8-3)9-4/h13-15H,6-12H2,1-5H3. The summed E-state index contributed by atoms with van der Waals surface area (Å²) in [6.07, 6.45) is -5.38. The molecular weight excluding hydrogens is 351 g/mol. The van der Waals surface area contributed by atoms with Crippen molar-refractivity contribution in [2.75, 3.05) is 13.7 Å². The second-order valence-electron chi connectivity index (χ2n) is 6.83. The van der Waals surface area contributed by atoms with Gasteiger partial charge in [-0.2, -0.15) is 13.2 Å². The Labute approximate surface area is 150 Å². The molecule has 0 spiro atoms. The Balaban J connectivity index is 3.00. The Kier molecular flexibility index (Phi) is 8.25. The summed E-state index contributed by atoms with van der Waals surface area (Å²) >= 11 is 0. The van der Waals surface area contributed by atoms with Gasteiger partial charge >= 0.3 is 12.3 Å². The lowest BCUT2D eigenvalue weighted by molar-refractivity contribution is -0.218. The van der Waals surface area contributed by atoms with E-state index in [0.29, 0.717) is 31.0 Å². The number of carbonyl (C=O) groups excluding carboxylic acids is 1. The number of amides is 1. The van der Waals surface area contributed by atoms with E-state index in [1.807, 2.05) is 27.7 Å². The second-order valence-corrected chi connectivity index (χ2v) is 11.6. The predicted molar refractivity (Wildman–Crippen MR) is 94.0 cm³/mol. The van der Waals surface area contributed by atoms with Crippen molar-refractivity contribution in [3.05, 3.63) is 0 Å². The van der Waals surface area contributed by atoms with Gasteiger partial charge < -0.3 is 14.1 Å². The average Bonchev–Trinajstić information content (AvgIpc) is 2.61. The van der Waals surface area contributed by atoms with Crippen LogP contribution in [0.5, 0.6) is 0 Å². The number of hydrogen-bond donors (Lipinski definition) is 0. The third-order valence-corrected chi connectivity index (χ3v) is 10.3. The first-order chi connectivity index (χ1) is 11.7. The topological polar surface area (TPSA) is 38.8 Å². The third kappa shape index (κ3) is 5.36. The number of alkyl halides is 3. The Morgan fingerprint density at radius 1 is 1.20 bits per heavy atom. The van der Waals surface area contributed by atoms with Crippen molar-refractivity contribution < 1.29 is 27.1 Å². The van der Waals surface area contributed by atoms with E-state index in [1.165, 1.54) is 7.11 Å². The highest BCUT2D eigenvalue weighted by Gasteiger charge is 2.51. The van der Waals surface area contributed by atoms with Gasteiger partial charge in [0.1, 0.15) is 6.10 Å². The molecule has 3 unspecified atom stereocenters. The fourth-order valence-electron chi connectivity index (χ4n) is 3.80. The van der Waals surface area contributed by atoms with E-state index in [0.717, 1.165) is 0 Å². The third-order valence-electron chi connectivity index (χ3n) is 5.70. The van der Waals surface area contributed by atoms with E-state index in [4.69, 9.17) is 9.16 Å². The molecule has 0 aromatic rings. The number of methoxy groups -OCH3 is 1. The van der Waals surface area contributed by atoms with Gasteiger partial charge in [-0.15, -0.1) is 0 Å². The molecule has 4 nitrogen and oxygen atoms in total. The zero-order valence-corrected chi connectivity index (χ0v) is 17.0. The summed E-state index contributed by atoms with van der Waals surface area (Å²) in [6, 6.07) is 1.82. The van der Waals surface area contributed by atoms with Crippen LogP contribution < -0.4 is 0 Å². The van der Waals surface area contributed by atoms with E-state index in [-0.39, 0.29) is 19.0 Å². The minimum atomic E-state index is -4.38. The molecular formula is C17H32F3NO3Si. The van der Waals surface area contributed by atoms with Gasteiger partial charge in [-0.1, -0.05) is 27.7 Å². The lowest BCUT2D eigenvalue weighted by atomic mass is 9.85. The molecule has 148 valence electrons. The molecule has 8 heteroatoms. The van der Waals surface area contributed by atoms with Crippen LogP contribution in [-0.4, -0.2) is 51.3 Å². The Bertz CT molecular complexity index is 422. The largest absolute Gasteiger partial charge is 0.453 e. The molecule has 25 heavy (non-hydrogen) atoms. The molecule has 0 saturated carbocycles. The molecule has 0 bridgehead atoms. The molecule has 1 heterocycles. The number of halogens is 3. The van der Waals surface area contributed by atoms with Crippen molar-refractivity contribution in [3.8, 4) is 0 Å². The van der Waals surface area contributed by atoms with Crippen LogP contribution in [0.4, 0.5) is 18.0 Å². The Morgan fingerprint density at radius 2 is 1.76 bits per heavy atom. The molecule has 0 radical (unpaired) electrons. The van der Waals surface area contributed by atoms with E-state index in [2.05, 4.69) is 0 Å². The monoisotopic (exact) mass is 383 g/mol. The van der Waals surface area contributed by atoms with Crippen molar-refractivity contribution in [1.29, 1.82) is 0 Å². The molecule has 1 saturated heterocycles. The molecule has 1 rings (SSSR count). The summed E-state index contributed by atoms with van der Waals surface area (Å²) in [6.45, 7) is 7.96. The zero-order valence-electron chi connectivity index (χ0n) is 16.0. The normalized spacial score (nSPS) is 23.4. The number of ether oxygens (including phenoxy) is 1. The Hall–Kier alpha value is -0.763. The van der Waals surface area contributed by atoms with Crippen molar-refractivity contribution in [2.45, 2.75) is 83.4 Å². The van der Waals surface area contributed by atoms with Crippen LogP contribution in [0.1, 0.15) is 47.0 Å². The molecule has 0 N–H and O–H groups in total.